The van der Waals surface area contributed by atoms with Gasteiger partial charge in [0.05, 0.1) is 0 Å². The number of nitrogens with zero attached hydrogens (tertiary/aromatic N) is 1. The molecule has 2 nitrogen and oxygen atoms in total. The summed E-state index contributed by atoms with van der Waals surface area (Å²) in [6, 6.07) is 6.83. The second-order valence-corrected chi connectivity index (χ2v) is 6.42. The Hall–Kier alpha value is -1.25. The smallest absolute Gasteiger partial charge is 0.0485 e. The average Bonchev–Trinajstić information content (AvgIpc) is 2.86. The van der Waals surface area contributed by atoms with E-state index in [2.05, 4.69) is 48.3 Å². The zero-order chi connectivity index (χ0) is 14.8. The molecule has 3 heteroatoms. The lowest BCUT2D eigenvalue weighted by molar-refractivity contribution is 0.473. The lowest BCUT2D eigenvalue weighted by Gasteiger charge is -2.22. The van der Waals surface area contributed by atoms with Crippen LogP contribution in [-0.4, -0.2) is 11.1 Å². The van der Waals surface area contributed by atoms with Crippen molar-refractivity contribution >= 4 is 11.6 Å². The summed E-state index contributed by atoms with van der Waals surface area (Å²) in [5.74, 6) is 0. The van der Waals surface area contributed by atoms with Crippen molar-refractivity contribution in [3.63, 3.8) is 0 Å². The van der Waals surface area contributed by atoms with Crippen molar-refractivity contribution < 1.29 is 0 Å². The van der Waals surface area contributed by atoms with Crippen molar-refractivity contribution in [2.75, 3.05) is 6.54 Å². The predicted octanol–water partition coefficient (Wildman–Crippen LogP) is 4.49. The minimum absolute atomic E-state index is 0.522. The molecule has 21 heavy (non-hydrogen) atoms. The maximum atomic E-state index is 6.36. The van der Waals surface area contributed by atoms with Crippen molar-refractivity contribution in [3.05, 3.63) is 57.9 Å². The Labute approximate surface area is 132 Å². The predicted molar refractivity (Wildman–Crippen MR) is 89.1 cm³/mol. The van der Waals surface area contributed by atoms with Gasteiger partial charge in [0.2, 0.25) is 0 Å². The van der Waals surface area contributed by atoms with Gasteiger partial charge in [-0.15, -0.1) is 0 Å². The molecule has 0 bridgehead atoms. The van der Waals surface area contributed by atoms with Crippen molar-refractivity contribution in [2.24, 2.45) is 0 Å². The highest BCUT2D eigenvalue weighted by Crippen LogP contribution is 2.31. The summed E-state index contributed by atoms with van der Waals surface area (Å²) >= 11 is 6.36. The molecule has 0 amide bonds. The maximum Gasteiger partial charge on any atom is 0.0485 e. The highest BCUT2D eigenvalue weighted by molar-refractivity contribution is 6.31. The Morgan fingerprint density at radius 1 is 1.33 bits per heavy atom. The zero-order valence-electron chi connectivity index (χ0n) is 12.8. The Morgan fingerprint density at radius 3 is 2.95 bits per heavy atom. The zero-order valence-corrected chi connectivity index (χ0v) is 13.6. The van der Waals surface area contributed by atoms with Gasteiger partial charge in [-0.25, -0.2) is 0 Å². The normalized spacial score (nSPS) is 17.8. The molecule has 0 fully saturated rings. The number of benzene rings is 1. The molecule has 3 rings (SSSR count). The third kappa shape index (κ3) is 3.17. The van der Waals surface area contributed by atoms with Gasteiger partial charge in [0.15, 0.2) is 0 Å². The second kappa shape index (κ2) is 6.25. The molecule has 112 valence electrons. The molecule has 1 unspecified atom stereocenters. The number of hydrogen-bond donors (Lipinski definition) is 1. The summed E-state index contributed by atoms with van der Waals surface area (Å²) in [5.41, 5.74) is 5.37. The summed E-state index contributed by atoms with van der Waals surface area (Å²) in [6.45, 7) is 6.13. The van der Waals surface area contributed by atoms with Gasteiger partial charge >= 0.3 is 0 Å². The number of fused-ring (bicyclic) bond motifs is 1. The SMILES string of the molecule is CCNC1CCCc2cn(Cc3ccc(C)cc3Cl)cc21. The Kier molecular flexibility index (Phi) is 4.37. The third-order valence-corrected chi connectivity index (χ3v) is 4.68. The third-order valence-electron chi connectivity index (χ3n) is 4.32. The van der Waals surface area contributed by atoms with E-state index in [1.54, 1.807) is 0 Å². The molecule has 1 aromatic heterocycles. The summed E-state index contributed by atoms with van der Waals surface area (Å²) in [7, 11) is 0. The molecule has 1 aliphatic carbocycles. The van der Waals surface area contributed by atoms with Crippen LogP contribution in [0.5, 0.6) is 0 Å². The van der Waals surface area contributed by atoms with Gasteiger partial charge in [-0.1, -0.05) is 30.7 Å². The first-order valence-electron chi connectivity index (χ1n) is 7.84. The van der Waals surface area contributed by atoms with E-state index in [9.17, 15) is 0 Å². The molecule has 0 radical (unpaired) electrons. The van der Waals surface area contributed by atoms with Crippen LogP contribution in [0.15, 0.2) is 30.6 Å². The average molecular weight is 303 g/mol. The van der Waals surface area contributed by atoms with Crippen LogP contribution in [0.4, 0.5) is 0 Å². The monoisotopic (exact) mass is 302 g/mol. The fraction of sp³-hybridized carbons (Fsp3) is 0.444. The highest BCUT2D eigenvalue weighted by atomic mass is 35.5. The van der Waals surface area contributed by atoms with Crippen LogP contribution < -0.4 is 5.32 Å². The number of rotatable bonds is 4. The number of hydrogen-bond acceptors (Lipinski definition) is 1. The van der Waals surface area contributed by atoms with E-state index in [1.165, 1.54) is 41.5 Å². The van der Waals surface area contributed by atoms with E-state index in [4.69, 9.17) is 11.6 Å². The molecule has 1 aromatic carbocycles. The van der Waals surface area contributed by atoms with E-state index in [0.29, 0.717) is 6.04 Å². The summed E-state index contributed by atoms with van der Waals surface area (Å²) < 4.78 is 2.29. The molecule has 1 N–H and O–H groups in total. The Balaban J connectivity index is 1.84. The van der Waals surface area contributed by atoms with Crippen LogP contribution in [0, 0.1) is 6.92 Å². The van der Waals surface area contributed by atoms with Crippen LogP contribution in [0.25, 0.3) is 0 Å². The first-order chi connectivity index (χ1) is 10.2. The lowest BCUT2D eigenvalue weighted by Crippen LogP contribution is -2.23. The van der Waals surface area contributed by atoms with Crippen molar-refractivity contribution in [1.29, 1.82) is 0 Å². The summed E-state index contributed by atoms with van der Waals surface area (Å²) in [6.07, 6.45) is 8.33. The highest BCUT2D eigenvalue weighted by Gasteiger charge is 2.21. The van der Waals surface area contributed by atoms with Crippen LogP contribution in [0.3, 0.4) is 0 Å². The number of aromatic nitrogens is 1. The molecule has 0 spiro atoms. The summed E-state index contributed by atoms with van der Waals surface area (Å²) in [5, 5.41) is 4.46. The Morgan fingerprint density at radius 2 is 2.19 bits per heavy atom. The van der Waals surface area contributed by atoms with E-state index < -0.39 is 0 Å². The Bertz CT molecular complexity index is 630. The first kappa shape index (κ1) is 14.7. The second-order valence-electron chi connectivity index (χ2n) is 6.01. The van der Waals surface area contributed by atoms with E-state index in [-0.39, 0.29) is 0 Å². The number of nitrogens with one attached hydrogen (secondary N) is 1. The summed E-state index contributed by atoms with van der Waals surface area (Å²) in [4.78, 5) is 0. The van der Waals surface area contributed by atoms with Crippen LogP contribution in [-0.2, 0) is 13.0 Å². The van der Waals surface area contributed by atoms with Gasteiger partial charge in [-0.05, 0) is 61.1 Å². The minimum atomic E-state index is 0.522. The largest absolute Gasteiger partial charge is 0.349 e. The van der Waals surface area contributed by atoms with Gasteiger partial charge in [0.25, 0.3) is 0 Å². The fourth-order valence-corrected chi connectivity index (χ4v) is 3.57. The van der Waals surface area contributed by atoms with E-state index in [0.717, 1.165) is 18.1 Å². The van der Waals surface area contributed by atoms with E-state index in [1.807, 2.05) is 6.07 Å². The molecular formula is C18H23ClN2. The minimum Gasteiger partial charge on any atom is -0.349 e. The number of halogens is 1. The first-order valence-corrected chi connectivity index (χ1v) is 8.22. The quantitative estimate of drug-likeness (QED) is 0.881. The lowest BCUT2D eigenvalue weighted by atomic mass is 9.91. The van der Waals surface area contributed by atoms with Gasteiger partial charge in [-0.2, -0.15) is 0 Å². The molecule has 1 aliphatic rings. The molecule has 2 aromatic rings. The molecule has 0 saturated carbocycles. The number of aryl methyl sites for hydroxylation is 2. The van der Waals surface area contributed by atoms with Crippen molar-refractivity contribution in [1.82, 2.24) is 9.88 Å². The molecule has 0 aliphatic heterocycles. The maximum absolute atomic E-state index is 6.36. The fourth-order valence-electron chi connectivity index (χ4n) is 3.28. The van der Waals surface area contributed by atoms with Gasteiger partial charge in [0.1, 0.15) is 0 Å². The van der Waals surface area contributed by atoms with Crippen LogP contribution in [0.1, 0.15) is 48.1 Å². The van der Waals surface area contributed by atoms with Gasteiger partial charge < -0.3 is 9.88 Å². The molecular weight excluding hydrogens is 280 g/mol. The topological polar surface area (TPSA) is 17.0 Å². The molecule has 1 atom stereocenters. The van der Waals surface area contributed by atoms with Crippen molar-refractivity contribution in [3.8, 4) is 0 Å². The van der Waals surface area contributed by atoms with Gasteiger partial charge in [0, 0.05) is 30.0 Å². The van der Waals surface area contributed by atoms with E-state index >= 15 is 0 Å². The van der Waals surface area contributed by atoms with Crippen LogP contribution >= 0.6 is 11.6 Å². The van der Waals surface area contributed by atoms with Crippen molar-refractivity contribution in [2.45, 2.75) is 45.7 Å². The molecule has 1 heterocycles. The molecule has 0 saturated heterocycles. The van der Waals surface area contributed by atoms with Gasteiger partial charge in [-0.3, -0.25) is 0 Å². The standard InChI is InChI=1S/C18H23ClN2/c1-3-20-18-6-4-5-14-10-21(12-16(14)18)11-15-8-7-13(2)9-17(15)19/h7-10,12,18,20H,3-6,11H2,1-2H3. The van der Waals surface area contributed by atoms with Crippen LogP contribution in [0.2, 0.25) is 5.02 Å².